The van der Waals surface area contributed by atoms with Gasteiger partial charge in [-0.3, -0.25) is 4.79 Å². The van der Waals surface area contributed by atoms with Gasteiger partial charge in [-0.2, -0.15) is 0 Å². The van der Waals surface area contributed by atoms with Crippen LogP contribution >= 0.6 is 0 Å². The number of nitrogens with one attached hydrogen (secondary N) is 1. The van der Waals surface area contributed by atoms with Gasteiger partial charge < -0.3 is 10.1 Å². The van der Waals surface area contributed by atoms with E-state index < -0.39 is 0 Å². The Morgan fingerprint density at radius 2 is 2.50 bits per heavy atom. The third-order valence-electron chi connectivity index (χ3n) is 1.72. The molecule has 1 heterocycles. The van der Waals surface area contributed by atoms with Crippen LogP contribution < -0.4 is 10.1 Å². The lowest BCUT2D eigenvalue weighted by Crippen LogP contribution is -2.24. The molecule has 1 aromatic carbocycles. The van der Waals surface area contributed by atoms with Gasteiger partial charge in [0.1, 0.15) is 12.4 Å². The van der Waals surface area contributed by atoms with Crippen LogP contribution in [0.25, 0.3) is 0 Å². The van der Waals surface area contributed by atoms with Crippen LogP contribution in [0.3, 0.4) is 0 Å². The highest BCUT2D eigenvalue weighted by Crippen LogP contribution is 2.18. The summed E-state index contributed by atoms with van der Waals surface area (Å²) >= 11 is 0. The monoisotopic (exact) mass is 162 g/mol. The van der Waals surface area contributed by atoms with Crippen LogP contribution in [0.5, 0.6) is 5.75 Å². The van der Waals surface area contributed by atoms with Crippen molar-refractivity contribution >= 4 is 5.91 Å². The molecule has 0 aromatic heterocycles. The quantitative estimate of drug-likeness (QED) is 0.607. The number of fused-ring (bicyclic) bond motifs is 1. The molecule has 1 aliphatic heterocycles. The molecule has 61 valence electrons. The van der Waals surface area contributed by atoms with Gasteiger partial charge in [-0.05, 0) is 18.2 Å². The van der Waals surface area contributed by atoms with Crippen LogP contribution in [-0.2, 0) is 0 Å². The molecule has 1 N–H and O–H groups in total. The molecule has 0 unspecified atom stereocenters. The topological polar surface area (TPSA) is 38.3 Å². The molecule has 0 fully saturated rings. The molecule has 0 atom stereocenters. The number of ether oxygens (including phenoxy) is 1. The van der Waals surface area contributed by atoms with Crippen LogP contribution in [-0.4, -0.2) is 19.1 Å². The Morgan fingerprint density at radius 1 is 1.58 bits per heavy atom. The number of carbonyl (C=O) groups is 1. The van der Waals surface area contributed by atoms with Crippen molar-refractivity contribution in [3.63, 3.8) is 0 Å². The first-order chi connectivity index (χ1) is 5.88. The Bertz CT molecular complexity index is 309. The predicted octanol–water partition coefficient (Wildman–Crippen LogP) is 0.609. The minimum atomic E-state index is -0.0727. The Labute approximate surface area is 70.3 Å². The molecule has 0 saturated carbocycles. The van der Waals surface area contributed by atoms with Gasteiger partial charge in [0.25, 0.3) is 5.91 Å². The van der Waals surface area contributed by atoms with Crippen molar-refractivity contribution in [1.82, 2.24) is 5.32 Å². The first-order valence-electron chi connectivity index (χ1n) is 3.79. The molecule has 12 heavy (non-hydrogen) atoms. The van der Waals surface area contributed by atoms with Gasteiger partial charge in [0, 0.05) is 0 Å². The zero-order chi connectivity index (χ0) is 8.39. The Hall–Kier alpha value is -1.51. The zero-order valence-electron chi connectivity index (χ0n) is 6.46. The summed E-state index contributed by atoms with van der Waals surface area (Å²) in [5, 5.41) is 2.72. The maximum atomic E-state index is 11.3. The SMILES string of the molecule is O=C1NCCOc2c[c]ccc21. The van der Waals surface area contributed by atoms with E-state index in [-0.39, 0.29) is 5.91 Å². The summed E-state index contributed by atoms with van der Waals surface area (Å²) in [6.07, 6.45) is 0. The zero-order valence-corrected chi connectivity index (χ0v) is 6.46. The molecule has 1 amide bonds. The van der Waals surface area contributed by atoms with E-state index in [0.717, 1.165) is 0 Å². The molecule has 0 spiro atoms. The third kappa shape index (κ3) is 1.13. The molecular weight excluding hydrogens is 154 g/mol. The maximum Gasteiger partial charge on any atom is 0.255 e. The standard InChI is InChI=1S/C9H8NO2/c11-9-7-3-1-2-4-8(7)12-6-5-10-9/h1,3-4H,5-6H2,(H,10,11). The van der Waals surface area contributed by atoms with E-state index in [9.17, 15) is 4.79 Å². The van der Waals surface area contributed by atoms with E-state index in [2.05, 4.69) is 11.4 Å². The molecule has 2 rings (SSSR count). The summed E-state index contributed by atoms with van der Waals surface area (Å²) in [4.78, 5) is 11.3. The average Bonchev–Trinajstić information content (AvgIpc) is 2.29. The van der Waals surface area contributed by atoms with Crippen molar-refractivity contribution in [1.29, 1.82) is 0 Å². The molecular formula is C9H8NO2. The highest BCUT2D eigenvalue weighted by molar-refractivity contribution is 5.97. The van der Waals surface area contributed by atoms with E-state index in [1.807, 2.05) is 0 Å². The summed E-state index contributed by atoms with van der Waals surface area (Å²) in [6, 6.07) is 7.95. The number of hydrogen-bond acceptors (Lipinski definition) is 2. The molecule has 1 aromatic rings. The average molecular weight is 162 g/mol. The van der Waals surface area contributed by atoms with Crippen molar-refractivity contribution in [3.8, 4) is 5.75 Å². The third-order valence-corrected chi connectivity index (χ3v) is 1.72. The minimum absolute atomic E-state index is 0.0727. The molecule has 0 aliphatic carbocycles. The van der Waals surface area contributed by atoms with Crippen molar-refractivity contribution in [2.75, 3.05) is 13.2 Å². The fraction of sp³-hybridized carbons (Fsp3) is 0.222. The van der Waals surface area contributed by atoms with Crippen LogP contribution in [0.1, 0.15) is 10.4 Å². The van der Waals surface area contributed by atoms with Gasteiger partial charge in [-0.15, -0.1) is 0 Å². The van der Waals surface area contributed by atoms with E-state index in [4.69, 9.17) is 4.74 Å². The van der Waals surface area contributed by atoms with E-state index in [1.54, 1.807) is 18.2 Å². The second-order valence-electron chi connectivity index (χ2n) is 2.53. The second-order valence-corrected chi connectivity index (χ2v) is 2.53. The largest absolute Gasteiger partial charge is 0.491 e. The Kier molecular flexibility index (Phi) is 1.70. The van der Waals surface area contributed by atoms with Crippen molar-refractivity contribution in [3.05, 3.63) is 29.8 Å². The van der Waals surface area contributed by atoms with Crippen molar-refractivity contribution in [2.24, 2.45) is 0 Å². The van der Waals surface area contributed by atoms with Gasteiger partial charge in [0.2, 0.25) is 0 Å². The van der Waals surface area contributed by atoms with E-state index in [1.165, 1.54) is 0 Å². The second kappa shape index (κ2) is 2.85. The smallest absolute Gasteiger partial charge is 0.255 e. The summed E-state index contributed by atoms with van der Waals surface area (Å²) in [5.74, 6) is 0.545. The van der Waals surface area contributed by atoms with Crippen LogP contribution in [0.2, 0.25) is 0 Å². The van der Waals surface area contributed by atoms with Crippen LogP contribution in [0.15, 0.2) is 18.2 Å². The number of amides is 1. The number of carbonyl (C=O) groups excluding carboxylic acids is 1. The lowest BCUT2D eigenvalue weighted by atomic mass is 10.2. The molecule has 3 nitrogen and oxygen atoms in total. The first kappa shape index (κ1) is 7.16. The predicted molar refractivity (Wildman–Crippen MR) is 43.1 cm³/mol. The lowest BCUT2D eigenvalue weighted by Gasteiger charge is -2.02. The van der Waals surface area contributed by atoms with Crippen molar-refractivity contribution < 1.29 is 9.53 Å². The maximum absolute atomic E-state index is 11.3. The van der Waals surface area contributed by atoms with Gasteiger partial charge in [0.05, 0.1) is 12.1 Å². The van der Waals surface area contributed by atoms with Gasteiger partial charge in [-0.1, -0.05) is 6.07 Å². The molecule has 0 bridgehead atoms. The highest BCUT2D eigenvalue weighted by atomic mass is 16.5. The Morgan fingerprint density at radius 3 is 3.42 bits per heavy atom. The van der Waals surface area contributed by atoms with E-state index >= 15 is 0 Å². The van der Waals surface area contributed by atoms with Gasteiger partial charge >= 0.3 is 0 Å². The lowest BCUT2D eigenvalue weighted by molar-refractivity contribution is 0.0957. The summed E-state index contributed by atoms with van der Waals surface area (Å²) in [7, 11) is 0. The molecule has 1 radical (unpaired) electrons. The van der Waals surface area contributed by atoms with Gasteiger partial charge in [-0.25, -0.2) is 0 Å². The summed E-state index contributed by atoms with van der Waals surface area (Å²) in [6.45, 7) is 1.09. The highest BCUT2D eigenvalue weighted by Gasteiger charge is 2.14. The first-order valence-corrected chi connectivity index (χ1v) is 3.79. The fourth-order valence-corrected chi connectivity index (χ4v) is 1.14. The van der Waals surface area contributed by atoms with Crippen LogP contribution in [0.4, 0.5) is 0 Å². The van der Waals surface area contributed by atoms with Gasteiger partial charge in [0.15, 0.2) is 0 Å². The minimum Gasteiger partial charge on any atom is -0.491 e. The number of benzene rings is 1. The van der Waals surface area contributed by atoms with Crippen molar-refractivity contribution in [2.45, 2.75) is 0 Å². The number of hydrogen-bond donors (Lipinski definition) is 1. The fourth-order valence-electron chi connectivity index (χ4n) is 1.14. The molecule has 1 aliphatic rings. The Balaban J connectivity index is 2.46. The van der Waals surface area contributed by atoms with Crippen LogP contribution in [0, 0.1) is 6.07 Å². The number of rotatable bonds is 0. The molecule has 3 heteroatoms. The summed E-state index contributed by atoms with van der Waals surface area (Å²) < 4.78 is 5.30. The summed E-state index contributed by atoms with van der Waals surface area (Å²) in [5.41, 5.74) is 0.589. The normalized spacial score (nSPS) is 15.5. The molecule has 0 saturated heterocycles. The van der Waals surface area contributed by atoms with E-state index in [0.29, 0.717) is 24.5 Å².